The fourth-order valence-electron chi connectivity index (χ4n) is 3.10. The van der Waals surface area contributed by atoms with E-state index in [4.69, 9.17) is 18.9 Å². The average Bonchev–Trinajstić information content (AvgIpc) is 2.91. The number of hydrogen-bond acceptors (Lipinski definition) is 8. The summed E-state index contributed by atoms with van der Waals surface area (Å²) in [5.74, 6) is -2.61. The highest BCUT2D eigenvalue weighted by Gasteiger charge is 2.22. The largest absolute Gasteiger partial charge is 0.458 e. The number of ether oxygens (including phenoxy) is 4. The lowest BCUT2D eigenvalue weighted by Crippen LogP contribution is -2.25. The first-order chi connectivity index (χ1) is 17.3. The number of hydrogen-bond donors (Lipinski definition) is 0. The van der Waals surface area contributed by atoms with Gasteiger partial charge in [0.1, 0.15) is 25.4 Å². The molecular formula is C28H26O8. The van der Waals surface area contributed by atoms with Crippen molar-refractivity contribution in [2.24, 2.45) is 0 Å². The third-order valence-corrected chi connectivity index (χ3v) is 4.90. The van der Waals surface area contributed by atoms with Crippen molar-refractivity contribution in [3.8, 4) is 0 Å². The van der Waals surface area contributed by atoms with Crippen molar-refractivity contribution in [2.75, 3.05) is 13.2 Å². The summed E-state index contributed by atoms with van der Waals surface area (Å²) in [6.45, 7) is 2.80. The van der Waals surface area contributed by atoms with Crippen molar-refractivity contribution in [2.45, 2.75) is 26.1 Å². The Morgan fingerprint density at radius 1 is 0.528 bits per heavy atom. The standard InChI is InChI=1S/C28H26O8/c1-19(35-26(30)22-13-7-4-8-14-22)18-34-27(31)23-15-9-10-16-24(23)28(32)36-20(2)17-33-25(29)21-11-5-3-6-12-21/h3-16,19-20H,17-18H2,1-2H3. The van der Waals surface area contributed by atoms with Crippen LogP contribution in [0.3, 0.4) is 0 Å². The highest BCUT2D eigenvalue weighted by atomic mass is 16.6. The summed E-state index contributed by atoms with van der Waals surface area (Å²) in [4.78, 5) is 49.5. The molecule has 0 saturated heterocycles. The van der Waals surface area contributed by atoms with Gasteiger partial charge in [-0.2, -0.15) is 0 Å². The molecule has 0 amide bonds. The summed E-state index contributed by atoms with van der Waals surface area (Å²) in [6, 6.07) is 22.9. The van der Waals surface area contributed by atoms with E-state index in [-0.39, 0.29) is 24.3 Å². The summed E-state index contributed by atoms with van der Waals surface area (Å²) in [5.41, 5.74) is 0.760. The molecule has 0 spiro atoms. The number of carbonyl (C=O) groups is 4. The first-order valence-electron chi connectivity index (χ1n) is 11.3. The maximum atomic E-state index is 12.7. The SMILES string of the molecule is CC(COC(=O)c1ccccc1C(=O)OC(C)COC(=O)c1ccccc1)OC(=O)c1ccccc1. The Kier molecular flexibility index (Phi) is 9.33. The average molecular weight is 491 g/mol. The lowest BCUT2D eigenvalue weighted by atomic mass is 10.1. The summed E-state index contributed by atoms with van der Waals surface area (Å²) < 4.78 is 21.1. The summed E-state index contributed by atoms with van der Waals surface area (Å²) >= 11 is 0. The molecule has 0 aliphatic carbocycles. The molecule has 0 radical (unpaired) electrons. The molecule has 0 heterocycles. The summed E-state index contributed by atoms with van der Waals surface area (Å²) in [7, 11) is 0. The monoisotopic (exact) mass is 490 g/mol. The predicted molar refractivity (Wildman–Crippen MR) is 130 cm³/mol. The molecule has 3 aromatic rings. The third kappa shape index (κ3) is 7.53. The molecule has 0 aliphatic heterocycles. The van der Waals surface area contributed by atoms with Gasteiger partial charge in [-0.3, -0.25) is 0 Å². The van der Waals surface area contributed by atoms with Crippen molar-refractivity contribution < 1.29 is 38.1 Å². The molecule has 2 unspecified atom stereocenters. The Morgan fingerprint density at radius 2 is 0.917 bits per heavy atom. The van der Waals surface area contributed by atoms with Crippen molar-refractivity contribution in [3.05, 3.63) is 107 Å². The molecule has 0 bridgehead atoms. The Morgan fingerprint density at radius 3 is 1.44 bits per heavy atom. The van der Waals surface area contributed by atoms with Gasteiger partial charge in [0.25, 0.3) is 0 Å². The van der Waals surface area contributed by atoms with Crippen molar-refractivity contribution >= 4 is 23.9 Å². The molecule has 2 atom stereocenters. The van der Waals surface area contributed by atoms with Gasteiger partial charge < -0.3 is 18.9 Å². The summed E-state index contributed by atoms with van der Waals surface area (Å²) in [6.07, 6.45) is -1.47. The van der Waals surface area contributed by atoms with Gasteiger partial charge in [-0.05, 0) is 50.2 Å². The highest BCUT2D eigenvalue weighted by molar-refractivity contribution is 6.03. The van der Waals surface area contributed by atoms with E-state index in [0.717, 1.165) is 0 Å². The van der Waals surface area contributed by atoms with E-state index in [2.05, 4.69) is 0 Å². The minimum atomic E-state index is -0.770. The fourth-order valence-corrected chi connectivity index (χ4v) is 3.10. The van der Waals surface area contributed by atoms with E-state index < -0.39 is 36.1 Å². The van der Waals surface area contributed by atoms with Crippen LogP contribution in [0, 0.1) is 0 Å². The number of carbonyl (C=O) groups excluding carboxylic acids is 4. The predicted octanol–water partition coefficient (Wildman–Crippen LogP) is 4.49. The molecule has 0 N–H and O–H groups in total. The van der Waals surface area contributed by atoms with E-state index in [1.165, 1.54) is 12.1 Å². The number of esters is 4. The Labute approximate surface area is 208 Å². The van der Waals surface area contributed by atoms with E-state index in [1.807, 2.05) is 0 Å². The third-order valence-electron chi connectivity index (χ3n) is 4.90. The van der Waals surface area contributed by atoms with Crippen molar-refractivity contribution in [1.82, 2.24) is 0 Å². The molecule has 36 heavy (non-hydrogen) atoms. The molecule has 0 aliphatic rings. The second-order valence-electron chi connectivity index (χ2n) is 7.91. The van der Waals surface area contributed by atoms with Crippen LogP contribution in [0.2, 0.25) is 0 Å². The van der Waals surface area contributed by atoms with Crippen molar-refractivity contribution in [3.63, 3.8) is 0 Å². The second-order valence-corrected chi connectivity index (χ2v) is 7.91. The summed E-state index contributed by atoms with van der Waals surface area (Å²) in [5, 5.41) is 0. The first-order valence-corrected chi connectivity index (χ1v) is 11.3. The zero-order chi connectivity index (χ0) is 25.9. The topological polar surface area (TPSA) is 105 Å². The second kappa shape index (κ2) is 12.9. The van der Waals surface area contributed by atoms with E-state index in [0.29, 0.717) is 11.1 Å². The van der Waals surface area contributed by atoms with E-state index in [1.54, 1.807) is 86.6 Å². The Balaban J connectivity index is 1.52. The normalized spacial score (nSPS) is 12.1. The van der Waals surface area contributed by atoms with Crippen LogP contribution in [0.1, 0.15) is 55.3 Å². The molecule has 3 aromatic carbocycles. The van der Waals surface area contributed by atoms with E-state index >= 15 is 0 Å². The van der Waals surface area contributed by atoms with Crippen LogP contribution in [0.4, 0.5) is 0 Å². The zero-order valence-electron chi connectivity index (χ0n) is 19.9. The molecule has 8 nitrogen and oxygen atoms in total. The Hall–Kier alpha value is -4.46. The van der Waals surface area contributed by atoms with Crippen LogP contribution >= 0.6 is 0 Å². The first kappa shape index (κ1) is 26.2. The molecule has 0 saturated carbocycles. The molecule has 0 fully saturated rings. The van der Waals surface area contributed by atoms with Crippen LogP contribution in [-0.2, 0) is 18.9 Å². The molecule has 3 rings (SSSR count). The van der Waals surface area contributed by atoms with Gasteiger partial charge >= 0.3 is 23.9 Å². The van der Waals surface area contributed by atoms with Gasteiger partial charge in [0, 0.05) is 0 Å². The fraction of sp³-hybridized carbons (Fsp3) is 0.214. The van der Waals surface area contributed by atoms with E-state index in [9.17, 15) is 19.2 Å². The molecule has 0 aromatic heterocycles. The van der Waals surface area contributed by atoms with Gasteiger partial charge in [0.05, 0.1) is 22.3 Å². The van der Waals surface area contributed by atoms with Crippen LogP contribution in [0.25, 0.3) is 0 Å². The maximum absolute atomic E-state index is 12.7. The molecule has 186 valence electrons. The highest BCUT2D eigenvalue weighted by Crippen LogP contribution is 2.14. The van der Waals surface area contributed by atoms with Gasteiger partial charge in [-0.1, -0.05) is 48.5 Å². The van der Waals surface area contributed by atoms with Crippen LogP contribution in [0.5, 0.6) is 0 Å². The van der Waals surface area contributed by atoms with Crippen LogP contribution in [-0.4, -0.2) is 49.3 Å². The zero-order valence-corrected chi connectivity index (χ0v) is 19.9. The number of rotatable bonds is 10. The minimum Gasteiger partial charge on any atom is -0.458 e. The Bertz CT molecular complexity index is 1190. The van der Waals surface area contributed by atoms with Gasteiger partial charge in [-0.15, -0.1) is 0 Å². The lowest BCUT2D eigenvalue weighted by molar-refractivity contribution is 0.00250. The van der Waals surface area contributed by atoms with Crippen LogP contribution in [0.15, 0.2) is 84.9 Å². The van der Waals surface area contributed by atoms with Crippen LogP contribution < -0.4 is 0 Å². The number of benzene rings is 3. The molecular weight excluding hydrogens is 464 g/mol. The van der Waals surface area contributed by atoms with Gasteiger partial charge in [0.2, 0.25) is 0 Å². The van der Waals surface area contributed by atoms with Gasteiger partial charge in [0.15, 0.2) is 0 Å². The quantitative estimate of drug-likeness (QED) is 0.302. The maximum Gasteiger partial charge on any atom is 0.339 e. The van der Waals surface area contributed by atoms with Crippen molar-refractivity contribution in [1.29, 1.82) is 0 Å². The minimum absolute atomic E-state index is 0.00216. The smallest absolute Gasteiger partial charge is 0.339 e. The molecule has 8 heteroatoms. The van der Waals surface area contributed by atoms with Gasteiger partial charge in [-0.25, -0.2) is 19.2 Å². The lowest BCUT2D eigenvalue weighted by Gasteiger charge is -2.16.